The number of hydrogen-bond acceptors (Lipinski definition) is 3. The molecule has 4 heteroatoms. The first kappa shape index (κ1) is 15.2. The van der Waals surface area contributed by atoms with Crippen molar-refractivity contribution in [2.45, 2.75) is 27.7 Å². The van der Waals surface area contributed by atoms with Gasteiger partial charge in [0.25, 0.3) is 0 Å². The van der Waals surface area contributed by atoms with E-state index in [1.807, 2.05) is 12.1 Å². The zero-order valence-corrected chi connectivity index (χ0v) is 14.2. The molecule has 0 aliphatic carbocycles. The molecule has 0 aliphatic rings. The molecule has 0 spiro atoms. The first-order valence-corrected chi connectivity index (χ1v) is 7.92. The highest BCUT2D eigenvalue weighted by Gasteiger charge is 2.15. The maximum absolute atomic E-state index is 4.55. The highest BCUT2D eigenvalue weighted by Crippen LogP contribution is 2.28. The van der Waals surface area contributed by atoms with Crippen LogP contribution in [0.5, 0.6) is 0 Å². The molecule has 3 nitrogen and oxygen atoms in total. The summed E-state index contributed by atoms with van der Waals surface area (Å²) in [6.07, 6.45) is 1.66. The number of benzene rings is 1. The van der Waals surface area contributed by atoms with Crippen LogP contribution in [0, 0.1) is 11.8 Å². The molecule has 0 N–H and O–H groups in total. The van der Waals surface area contributed by atoms with E-state index in [0.29, 0.717) is 11.8 Å². The molecule has 0 amide bonds. The number of para-hydroxylation sites is 1. The molecular weight excluding hydrogens is 314 g/mol. The molecule has 1 aromatic heterocycles. The van der Waals surface area contributed by atoms with Crippen molar-refractivity contribution in [1.29, 1.82) is 0 Å². The summed E-state index contributed by atoms with van der Waals surface area (Å²) in [6, 6.07) is 6.17. The lowest BCUT2D eigenvalue weighted by molar-refractivity contribution is 0.550. The quantitative estimate of drug-likeness (QED) is 0.804. The van der Waals surface area contributed by atoms with Gasteiger partial charge in [-0.15, -0.1) is 0 Å². The molecule has 0 fully saturated rings. The second-order valence-corrected chi connectivity index (χ2v) is 6.88. The van der Waals surface area contributed by atoms with Gasteiger partial charge in [0.05, 0.1) is 5.52 Å². The molecule has 0 saturated heterocycles. The molecule has 2 rings (SSSR count). The minimum Gasteiger partial charge on any atom is -0.355 e. The van der Waals surface area contributed by atoms with Crippen LogP contribution in [0.2, 0.25) is 0 Å². The maximum atomic E-state index is 4.55. The first-order valence-electron chi connectivity index (χ1n) is 7.13. The topological polar surface area (TPSA) is 29.0 Å². The van der Waals surface area contributed by atoms with Crippen LogP contribution in [0.1, 0.15) is 27.7 Å². The number of fused-ring (bicyclic) bond motifs is 1. The molecular formula is C16H22BrN3. The lowest BCUT2D eigenvalue weighted by Gasteiger charge is -2.28. The Balaban J connectivity index is 2.49. The number of rotatable bonds is 5. The van der Waals surface area contributed by atoms with E-state index in [9.17, 15) is 0 Å². The van der Waals surface area contributed by atoms with Gasteiger partial charge in [-0.1, -0.05) is 33.8 Å². The number of aromatic nitrogens is 2. The summed E-state index contributed by atoms with van der Waals surface area (Å²) in [7, 11) is 0. The van der Waals surface area contributed by atoms with Gasteiger partial charge in [-0.3, -0.25) is 0 Å². The second kappa shape index (κ2) is 6.53. The van der Waals surface area contributed by atoms with Gasteiger partial charge in [0.1, 0.15) is 12.1 Å². The van der Waals surface area contributed by atoms with E-state index in [4.69, 9.17) is 0 Å². The lowest BCUT2D eigenvalue weighted by Crippen LogP contribution is -2.32. The van der Waals surface area contributed by atoms with Crippen LogP contribution >= 0.6 is 15.9 Å². The molecule has 1 heterocycles. The zero-order valence-electron chi connectivity index (χ0n) is 12.6. The Bertz CT molecular complexity index is 571. The first-order chi connectivity index (χ1) is 9.49. The summed E-state index contributed by atoms with van der Waals surface area (Å²) >= 11 is 3.57. The van der Waals surface area contributed by atoms with Crippen LogP contribution in [-0.4, -0.2) is 23.1 Å². The summed E-state index contributed by atoms with van der Waals surface area (Å²) in [4.78, 5) is 11.3. The van der Waals surface area contributed by atoms with E-state index in [1.54, 1.807) is 6.33 Å². The van der Waals surface area contributed by atoms with Gasteiger partial charge in [-0.25, -0.2) is 9.97 Å². The van der Waals surface area contributed by atoms with Crippen molar-refractivity contribution in [3.63, 3.8) is 0 Å². The average Bonchev–Trinajstić information content (AvgIpc) is 2.37. The zero-order chi connectivity index (χ0) is 14.7. The number of hydrogen-bond donors (Lipinski definition) is 0. The van der Waals surface area contributed by atoms with E-state index < -0.39 is 0 Å². The summed E-state index contributed by atoms with van der Waals surface area (Å²) in [5, 5.41) is 1.11. The number of nitrogens with zero attached hydrogens (tertiary/aromatic N) is 3. The molecule has 0 aliphatic heterocycles. The number of halogens is 1. The monoisotopic (exact) mass is 335 g/mol. The van der Waals surface area contributed by atoms with Crippen LogP contribution in [0.3, 0.4) is 0 Å². The molecule has 0 saturated carbocycles. The Hall–Kier alpha value is -1.16. The van der Waals surface area contributed by atoms with E-state index in [-0.39, 0.29) is 0 Å². The minimum atomic E-state index is 0.603. The largest absolute Gasteiger partial charge is 0.355 e. The van der Waals surface area contributed by atoms with Crippen molar-refractivity contribution in [2.24, 2.45) is 11.8 Å². The fraction of sp³-hybridized carbons (Fsp3) is 0.500. The van der Waals surface area contributed by atoms with Crippen molar-refractivity contribution >= 4 is 32.7 Å². The smallest absolute Gasteiger partial charge is 0.139 e. The van der Waals surface area contributed by atoms with Crippen molar-refractivity contribution < 1.29 is 0 Å². The van der Waals surface area contributed by atoms with Crippen molar-refractivity contribution in [3.05, 3.63) is 29.0 Å². The predicted octanol–water partition coefficient (Wildman–Crippen LogP) is 4.51. The molecule has 108 valence electrons. The highest BCUT2D eigenvalue weighted by atomic mass is 79.9. The molecule has 20 heavy (non-hydrogen) atoms. The minimum absolute atomic E-state index is 0.603. The Morgan fingerprint density at radius 1 is 1.05 bits per heavy atom. The summed E-state index contributed by atoms with van der Waals surface area (Å²) in [6.45, 7) is 11.0. The van der Waals surface area contributed by atoms with Crippen LogP contribution in [0.25, 0.3) is 10.9 Å². The Labute approximate surface area is 129 Å². The summed E-state index contributed by atoms with van der Waals surface area (Å²) < 4.78 is 1.02. The third-order valence-corrected chi connectivity index (χ3v) is 3.71. The van der Waals surface area contributed by atoms with Crippen molar-refractivity contribution in [3.8, 4) is 0 Å². The third kappa shape index (κ3) is 3.48. The van der Waals surface area contributed by atoms with Crippen LogP contribution in [0.4, 0.5) is 5.82 Å². The van der Waals surface area contributed by atoms with Gasteiger partial charge >= 0.3 is 0 Å². The standard InChI is InChI=1S/C16H22BrN3/c1-11(2)8-20(9-12(3)4)16-13-6-5-7-14(17)15(13)18-10-19-16/h5-7,10-12H,8-9H2,1-4H3. The van der Waals surface area contributed by atoms with Gasteiger partial charge in [-0.05, 0) is 39.9 Å². The van der Waals surface area contributed by atoms with Crippen molar-refractivity contribution in [1.82, 2.24) is 9.97 Å². The lowest BCUT2D eigenvalue weighted by atomic mass is 10.1. The van der Waals surface area contributed by atoms with Crippen LogP contribution < -0.4 is 4.90 Å². The molecule has 0 radical (unpaired) electrons. The molecule has 0 atom stereocenters. The summed E-state index contributed by atoms with van der Waals surface area (Å²) in [5.74, 6) is 2.25. The Kier molecular flexibility index (Phi) is 4.97. The van der Waals surface area contributed by atoms with E-state index in [1.165, 1.54) is 0 Å². The van der Waals surface area contributed by atoms with Gasteiger partial charge in [0.2, 0.25) is 0 Å². The highest BCUT2D eigenvalue weighted by molar-refractivity contribution is 9.10. The molecule has 0 unspecified atom stereocenters. The average molecular weight is 336 g/mol. The third-order valence-electron chi connectivity index (χ3n) is 3.07. The van der Waals surface area contributed by atoms with Crippen molar-refractivity contribution in [2.75, 3.05) is 18.0 Å². The Morgan fingerprint density at radius 3 is 2.30 bits per heavy atom. The van der Waals surface area contributed by atoms with Crippen LogP contribution in [0.15, 0.2) is 29.0 Å². The SMILES string of the molecule is CC(C)CN(CC(C)C)c1ncnc2c(Br)cccc12. The van der Waals surface area contributed by atoms with E-state index in [2.05, 4.69) is 64.6 Å². The van der Waals surface area contributed by atoms with Gasteiger partial charge in [-0.2, -0.15) is 0 Å². The summed E-state index contributed by atoms with van der Waals surface area (Å²) in [5.41, 5.74) is 0.981. The van der Waals surface area contributed by atoms with Gasteiger partial charge in [0.15, 0.2) is 0 Å². The molecule has 1 aromatic carbocycles. The van der Waals surface area contributed by atoms with E-state index in [0.717, 1.165) is 34.3 Å². The van der Waals surface area contributed by atoms with Gasteiger partial charge in [0, 0.05) is 22.9 Å². The fourth-order valence-corrected chi connectivity index (χ4v) is 2.89. The molecule has 0 bridgehead atoms. The molecule has 2 aromatic rings. The van der Waals surface area contributed by atoms with Crippen LogP contribution in [-0.2, 0) is 0 Å². The van der Waals surface area contributed by atoms with Gasteiger partial charge < -0.3 is 4.90 Å². The Morgan fingerprint density at radius 2 is 1.70 bits per heavy atom. The fourth-order valence-electron chi connectivity index (χ4n) is 2.42. The van der Waals surface area contributed by atoms with E-state index >= 15 is 0 Å². The normalized spacial score (nSPS) is 11.6. The maximum Gasteiger partial charge on any atom is 0.139 e. The predicted molar refractivity (Wildman–Crippen MR) is 89.1 cm³/mol. The second-order valence-electron chi connectivity index (χ2n) is 6.03. The number of anilines is 1.